The van der Waals surface area contributed by atoms with Gasteiger partial charge >= 0.3 is 0 Å². The van der Waals surface area contributed by atoms with E-state index in [1.54, 1.807) is 24.3 Å². The molecule has 0 spiro atoms. The van der Waals surface area contributed by atoms with E-state index in [1.807, 2.05) is 13.0 Å². The number of carbonyl (C=O) groups excluding carboxylic acids is 1. The summed E-state index contributed by atoms with van der Waals surface area (Å²) < 4.78 is 0. The van der Waals surface area contributed by atoms with Gasteiger partial charge in [-0.1, -0.05) is 30.6 Å². The monoisotopic (exact) mass is 178 g/mol. The smallest absolute Gasteiger partial charge is 0.265 e. The van der Waals surface area contributed by atoms with E-state index in [4.69, 9.17) is 4.84 Å². The summed E-state index contributed by atoms with van der Waals surface area (Å²) in [5, 5.41) is 0. The minimum absolute atomic E-state index is 0.325. The van der Waals surface area contributed by atoms with Crippen LogP contribution in [0.1, 0.15) is 23.7 Å². The quantitative estimate of drug-likeness (QED) is 0.520. The Morgan fingerprint density at radius 2 is 2.08 bits per heavy atom. The maximum atomic E-state index is 11.2. The topological polar surface area (TPSA) is 40.4 Å². The zero-order valence-corrected chi connectivity index (χ0v) is 7.56. The van der Waals surface area contributed by atoms with E-state index in [-0.39, 0.29) is 5.91 Å². The molecule has 0 atom stereocenters. The largest absolute Gasteiger partial charge is 0.299 e. The Morgan fingerprint density at radius 3 is 2.69 bits per heavy atom. The van der Waals surface area contributed by atoms with Crippen molar-refractivity contribution in [2.24, 2.45) is 0 Å². The zero-order valence-electron chi connectivity index (χ0n) is 7.56. The fourth-order valence-corrected chi connectivity index (χ4v) is 0.829. The van der Waals surface area contributed by atoms with Gasteiger partial charge in [-0.15, -0.1) is 0 Å². The van der Waals surface area contributed by atoms with Crippen molar-refractivity contribution in [2.75, 3.05) is 6.61 Å². The number of rotatable bonds is 4. The molecule has 0 unspecified atom stereocenters. The van der Waals surface area contributed by atoms with Gasteiger partial charge < -0.3 is 0 Å². The zero-order chi connectivity index (χ0) is 9.52. The number of hydrogen-bond acceptors (Lipinski definition) is 2. The summed E-state index contributed by atoms with van der Waals surface area (Å²) in [6.45, 7) is 2.45. The summed E-state index contributed by atoms with van der Waals surface area (Å²) in [7, 11) is 0. The Kier molecular flexibility index (Phi) is 3.99. The number of hydrogen-bond donors (Lipinski definition) is 0. The molecule has 0 saturated heterocycles. The average molecular weight is 178 g/mol. The summed E-state index contributed by atoms with van der Waals surface area (Å²) >= 11 is 0. The summed E-state index contributed by atoms with van der Waals surface area (Å²) in [6, 6.07) is 8.86. The molecule has 0 fully saturated rings. The van der Waals surface area contributed by atoms with Gasteiger partial charge in [0.2, 0.25) is 0 Å². The van der Waals surface area contributed by atoms with Crippen LogP contribution in [0.25, 0.3) is 0 Å². The van der Waals surface area contributed by atoms with Crippen LogP contribution in [0, 0.1) is 0 Å². The average Bonchev–Trinajstić information content (AvgIpc) is 2.19. The molecular weight excluding hydrogens is 166 g/mol. The van der Waals surface area contributed by atoms with Crippen LogP contribution in [0.5, 0.6) is 0 Å². The molecule has 0 N–H and O–H groups in total. The highest BCUT2D eigenvalue weighted by molar-refractivity contribution is 5.93. The van der Waals surface area contributed by atoms with Crippen LogP contribution in [0.4, 0.5) is 0 Å². The van der Waals surface area contributed by atoms with Gasteiger partial charge in [0.15, 0.2) is 0 Å². The molecule has 3 heteroatoms. The van der Waals surface area contributed by atoms with Crippen molar-refractivity contribution >= 4 is 5.91 Å². The molecule has 1 aromatic rings. The fraction of sp³-hybridized carbons (Fsp3) is 0.300. The van der Waals surface area contributed by atoms with Gasteiger partial charge in [-0.2, -0.15) is 0 Å². The lowest BCUT2D eigenvalue weighted by molar-refractivity contribution is 0.0265. The maximum Gasteiger partial charge on any atom is 0.299 e. The van der Waals surface area contributed by atoms with E-state index in [9.17, 15) is 4.79 Å². The summed E-state index contributed by atoms with van der Waals surface area (Å²) in [5.74, 6) is -0.325. The molecule has 13 heavy (non-hydrogen) atoms. The molecule has 0 aliphatic heterocycles. The second kappa shape index (κ2) is 5.32. The molecule has 0 aromatic heterocycles. The van der Waals surface area contributed by atoms with Crippen LogP contribution in [0.15, 0.2) is 30.3 Å². The number of benzene rings is 1. The summed E-state index contributed by atoms with van der Waals surface area (Å²) in [4.78, 5) is 16.0. The SMILES string of the molecule is CCCO[N]C(=O)c1ccccc1. The first-order valence-electron chi connectivity index (χ1n) is 4.27. The van der Waals surface area contributed by atoms with Gasteiger partial charge in [0.1, 0.15) is 0 Å². The van der Waals surface area contributed by atoms with Gasteiger partial charge in [-0.05, 0) is 18.6 Å². The second-order valence-corrected chi connectivity index (χ2v) is 2.60. The first-order valence-corrected chi connectivity index (χ1v) is 4.27. The van der Waals surface area contributed by atoms with Crippen LogP contribution >= 0.6 is 0 Å². The summed E-state index contributed by atoms with van der Waals surface area (Å²) in [5.41, 5.74) is 4.00. The number of carbonyl (C=O) groups is 1. The van der Waals surface area contributed by atoms with Crippen molar-refractivity contribution in [3.63, 3.8) is 0 Å². The third kappa shape index (κ3) is 3.25. The lowest BCUT2D eigenvalue weighted by atomic mass is 10.2. The van der Waals surface area contributed by atoms with Crippen molar-refractivity contribution in [3.05, 3.63) is 35.9 Å². The van der Waals surface area contributed by atoms with Gasteiger partial charge in [0.05, 0.1) is 6.61 Å². The fourth-order valence-electron chi connectivity index (χ4n) is 0.829. The second-order valence-electron chi connectivity index (χ2n) is 2.60. The van der Waals surface area contributed by atoms with Crippen molar-refractivity contribution in [2.45, 2.75) is 13.3 Å². The van der Waals surface area contributed by atoms with Crippen molar-refractivity contribution in [1.82, 2.24) is 5.48 Å². The predicted octanol–water partition coefficient (Wildman–Crippen LogP) is 1.77. The first-order chi connectivity index (χ1) is 6.34. The molecule has 3 nitrogen and oxygen atoms in total. The maximum absolute atomic E-state index is 11.2. The molecular formula is C10H12NO2. The molecule has 1 radical (unpaired) electrons. The Hall–Kier alpha value is -1.35. The Morgan fingerprint density at radius 1 is 1.38 bits per heavy atom. The molecule has 0 aliphatic carbocycles. The normalized spacial score (nSPS) is 9.62. The number of hydroxylamine groups is 1. The molecule has 1 amide bonds. The van der Waals surface area contributed by atoms with Crippen LogP contribution < -0.4 is 5.48 Å². The van der Waals surface area contributed by atoms with Gasteiger partial charge in [-0.25, -0.2) is 4.84 Å². The van der Waals surface area contributed by atoms with Crippen LogP contribution in [-0.2, 0) is 4.84 Å². The van der Waals surface area contributed by atoms with E-state index in [0.717, 1.165) is 6.42 Å². The van der Waals surface area contributed by atoms with Crippen LogP contribution in [0.2, 0.25) is 0 Å². The third-order valence-corrected chi connectivity index (χ3v) is 1.46. The van der Waals surface area contributed by atoms with Crippen LogP contribution in [0.3, 0.4) is 0 Å². The number of amides is 1. The van der Waals surface area contributed by atoms with E-state index in [2.05, 4.69) is 5.48 Å². The third-order valence-electron chi connectivity index (χ3n) is 1.46. The lowest BCUT2D eigenvalue weighted by Gasteiger charge is -1.99. The molecule has 0 saturated carbocycles. The Labute approximate surface area is 77.7 Å². The predicted molar refractivity (Wildman–Crippen MR) is 49.1 cm³/mol. The highest BCUT2D eigenvalue weighted by Gasteiger charge is 2.05. The molecule has 0 aliphatic rings. The lowest BCUT2D eigenvalue weighted by Crippen LogP contribution is -2.16. The minimum Gasteiger partial charge on any atom is -0.265 e. The number of nitrogens with zero attached hydrogens (tertiary/aromatic N) is 1. The van der Waals surface area contributed by atoms with Crippen molar-refractivity contribution in [1.29, 1.82) is 0 Å². The molecule has 0 bridgehead atoms. The van der Waals surface area contributed by atoms with Gasteiger partial charge in [0, 0.05) is 5.56 Å². The minimum atomic E-state index is -0.325. The van der Waals surface area contributed by atoms with Crippen LogP contribution in [-0.4, -0.2) is 12.5 Å². The van der Waals surface area contributed by atoms with E-state index in [0.29, 0.717) is 12.2 Å². The van der Waals surface area contributed by atoms with Gasteiger partial charge in [-0.3, -0.25) is 4.79 Å². The van der Waals surface area contributed by atoms with Crippen molar-refractivity contribution in [3.8, 4) is 0 Å². The van der Waals surface area contributed by atoms with E-state index < -0.39 is 0 Å². The van der Waals surface area contributed by atoms with E-state index in [1.165, 1.54) is 0 Å². The molecule has 1 rings (SSSR count). The molecule has 69 valence electrons. The first kappa shape index (κ1) is 9.74. The molecule has 0 heterocycles. The highest BCUT2D eigenvalue weighted by Crippen LogP contribution is 1.98. The Balaban J connectivity index is 2.40. The van der Waals surface area contributed by atoms with Crippen molar-refractivity contribution < 1.29 is 9.63 Å². The van der Waals surface area contributed by atoms with Gasteiger partial charge in [0.25, 0.3) is 5.91 Å². The van der Waals surface area contributed by atoms with E-state index >= 15 is 0 Å². The Bertz CT molecular complexity index is 259. The highest BCUT2D eigenvalue weighted by atomic mass is 16.6. The summed E-state index contributed by atoms with van der Waals surface area (Å²) in [6.07, 6.45) is 0.853. The molecule has 1 aromatic carbocycles. The standard InChI is InChI=1S/C10H12NO2/c1-2-8-13-11-10(12)9-6-4-3-5-7-9/h3-7H,2,8H2,1H3.